The molecule has 0 spiro atoms. The normalized spacial score (nSPS) is 19.0. The Morgan fingerprint density at radius 3 is 2.37 bits per heavy atom. The predicted octanol–water partition coefficient (Wildman–Crippen LogP) is -0.849. The van der Waals surface area contributed by atoms with Crippen LogP contribution >= 0.6 is 0 Å². The third kappa shape index (κ3) is 6.18. The quantitative estimate of drug-likeness (QED) is 0.640. The van der Waals surface area contributed by atoms with E-state index in [-0.39, 0.29) is 11.3 Å². The van der Waals surface area contributed by atoms with Crippen LogP contribution in [0.15, 0.2) is 0 Å². The second-order valence-corrected chi connectivity index (χ2v) is 7.86. The van der Waals surface area contributed by atoms with Crippen LogP contribution in [0.2, 0.25) is 0 Å². The number of nitrogens with zero attached hydrogens (tertiary/aromatic N) is 2. The van der Waals surface area contributed by atoms with Crippen LogP contribution in [0.3, 0.4) is 0 Å². The number of hydrogen-bond donors (Lipinski definition) is 2. The van der Waals surface area contributed by atoms with Gasteiger partial charge in [0.05, 0.1) is 5.75 Å². The first-order valence-electron chi connectivity index (χ1n) is 6.81. The molecule has 0 bridgehead atoms. The van der Waals surface area contributed by atoms with Gasteiger partial charge in [0, 0.05) is 44.8 Å². The van der Waals surface area contributed by atoms with Crippen LogP contribution in [0.4, 0.5) is 0 Å². The largest absolute Gasteiger partial charge is 0.314 e. The zero-order chi connectivity index (χ0) is 14.5. The second-order valence-electron chi connectivity index (χ2n) is 5.94. The van der Waals surface area contributed by atoms with Gasteiger partial charge in [-0.3, -0.25) is 4.90 Å². The van der Waals surface area contributed by atoms with Gasteiger partial charge in [-0.1, -0.05) is 0 Å². The zero-order valence-electron chi connectivity index (χ0n) is 12.6. The van der Waals surface area contributed by atoms with Crippen LogP contribution in [-0.2, 0) is 10.0 Å². The Bertz CT molecular complexity index is 362. The van der Waals surface area contributed by atoms with E-state index in [4.69, 9.17) is 0 Å². The zero-order valence-corrected chi connectivity index (χ0v) is 13.4. The van der Waals surface area contributed by atoms with E-state index in [9.17, 15) is 8.42 Å². The highest BCUT2D eigenvalue weighted by molar-refractivity contribution is 7.89. The molecule has 0 atom stereocenters. The molecule has 1 fully saturated rings. The summed E-state index contributed by atoms with van der Waals surface area (Å²) in [6.07, 6.45) is 0. The van der Waals surface area contributed by atoms with Crippen LogP contribution in [0.1, 0.15) is 13.8 Å². The molecule has 1 saturated heterocycles. The number of nitrogens with one attached hydrogen (secondary N) is 2. The smallest absolute Gasteiger partial charge is 0.212 e. The van der Waals surface area contributed by atoms with Crippen molar-refractivity contribution in [2.75, 3.05) is 59.1 Å². The molecule has 2 N–H and O–H groups in total. The minimum absolute atomic E-state index is 0.177. The van der Waals surface area contributed by atoms with Gasteiger partial charge in [0.2, 0.25) is 10.0 Å². The lowest BCUT2D eigenvalue weighted by molar-refractivity contribution is 0.198. The molecule has 114 valence electrons. The predicted molar refractivity (Wildman–Crippen MR) is 78.9 cm³/mol. The highest BCUT2D eigenvalue weighted by Crippen LogP contribution is 2.08. The molecule has 1 aliphatic rings. The number of sulfonamides is 1. The lowest BCUT2D eigenvalue weighted by atomic mass is 10.1. The van der Waals surface area contributed by atoms with Gasteiger partial charge >= 0.3 is 0 Å². The maximum absolute atomic E-state index is 12.0. The summed E-state index contributed by atoms with van der Waals surface area (Å²) in [5.41, 5.74) is -0.178. The summed E-state index contributed by atoms with van der Waals surface area (Å²) in [6.45, 7) is 8.83. The summed E-state index contributed by atoms with van der Waals surface area (Å²) >= 11 is 0. The first kappa shape index (κ1) is 16.8. The molecule has 6 nitrogen and oxygen atoms in total. The number of piperazine rings is 1. The monoisotopic (exact) mass is 292 g/mol. The average molecular weight is 292 g/mol. The summed E-state index contributed by atoms with van der Waals surface area (Å²) in [5, 5.41) is 3.26. The maximum atomic E-state index is 12.0. The van der Waals surface area contributed by atoms with Crippen molar-refractivity contribution in [1.29, 1.82) is 0 Å². The maximum Gasteiger partial charge on any atom is 0.212 e. The molecule has 0 radical (unpaired) electrons. The van der Waals surface area contributed by atoms with Gasteiger partial charge in [0.25, 0.3) is 0 Å². The molecule has 1 aliphatic heterocycles. The van der Waals surface area contributed by atoms with E-state index in [1.807, 2.05) is 32.8 Å². The summed E-state index contributed by atoms with van der Waals surface area (Å²) < 4.78 is 26.6. The Balaban J connectivity index is 2.35. The Morgan fingerprint density at radius 2 is 1.84 bits per heavy atom. The van der Waals surface area contributed by atoms with Crippen LogP contribution in [0.25, 0.3) is 0 Å². The SMILES string of the molecule is CN(C)C(C)(C)CNS(=O)(=O)CCN1CCNCC1. The van der Waals surface area contributed by atoms with E-state index in [1.54, 1.807) is 0 Å². The van der Waals surface area contributed by atoms with Gasteiger partial charge in [-0.25, -0.2) is 13.1 Å². The van der Waals surface area contributed by atoms with Crippen molar-refractivity contribution in [3.63, 3.8) is 0 Å². The van der Waals surface area contributed by atoms with Gasteiger partial charge in [-0.05, 0) is 27.9 Å². The standard InChI is InChI=1S/C12H28N4O2S/c1-12(2,15(3)4)11-14-19(17,18)10-9-16-7-5-13-6-8-16/h13-14H,5-11H2,1-4H3. The molecule has 0 saturated carbocycles. The molecular formula is C12H28N4O2S. The third-order valence-electron chi connectivity index (χ3n) is 3.82. The Labute approximate surface area is 117 Å². The number of hydrogen-bond acceptors (Lipinski definition) is 5. The third-order valence-corrected chi connectivity index (χ3v) is 5.13. The molecule has 19 heavy (non-hydrogen) atoms. The van der Waals surface area contributed by atoms with E-state index in [0.717, 1.165) is 26.2 Å². The number of likely N-dealkylation sites (N-methyl/N-ethyl adjacent to an activating group) is 1. The van der Waals surface area contributed by atoms with Crippen molar-refractivity contribution in [1.82, 2.24) is 19.8 Å². The Morgan fingerprint density at radius 1 is 1.26 bits per heavy atom. The molecule has 0 aromatic rings. The fourth-order valence-electron chi connectivity index (χ4n) is 1.70. The van der Waals surface area contributed by atoms with Crippen LogP contribution in [0.5, 0.6) is 0 Å². The van der Waals surface area contributed by atoms with Gasteiger partial charge in [0.1, 0.15) is 0 Å². The summed E-state index contributed by atoms with van der Waals surface area (Å²) in [7, 11) is 0.720. The Hall–Kier alpha value is -0.210. The van der Waals surface area contributed by atoms with Crippen molar-refractivity contribution in [2.45, 2.75) is 19.4 Å². The average Bonchev–Trinajstić information content (AvgIpc) is 2.36. The van der Waals surface area contributed by atoms with E-state index >= 15 is 0 Å². The lowest BCUT2D eigenvalue weighted by Crippen LogP contribution is -2.50. The molecule has 0 aromatic carbocycles. The molecule has 0 aliphatic carbocycles. The van der Waals surface area contributed by atoms with Crippen molar-refractivity contribution >= 4 is 10.0 Å². The van der Waals surface area contributed by atoms with Gasteiger partial charge in [-0.15, -0.1) is 0 Å². The highest BCUT2D eigenvalue weighted by Gasteiger charge is 2.23. The highest BCUT2D eigenvalue weighted by atomic mass is 32.2. The number of rotatable bonds is 7. The van der Waals surface area contributed by atoms with E-state index in [2.05, 4.69) is 14.9 Å². The minimum atomic E-state index is -3.19. The van der Waals surface area contributed by atoms with E-state index in [1.165, 1.54) is 0 Å². The van der Waals surface area contributed by atoms with Crippen molar-refractivity contribution in [3.05, 3.63) is 0 Å². The lowest BCUT2D eigenvalue weighted by Gasteiger charge is -2.32. The summed E-state index contributed by atoms with van der Waals surface area (Å²) in [4.78, 5) is 4.21. The van der Waals surface area contributed by atoms with Crippen LogP contribution in [0, 0.1) is 0 Å². The van der Waals surface area contributed by atoms with Crippen molar-refractivity contribution < 1.29 is 8.42 Å². The minimum Gasteiger partial charge on any atom is -0.314 e. The summed E-state index contributed by atoms with van der Waals surface area (Å²) in [6, 6.07) is 0. The molecule has 7 heteroatoms. The van der Waals surface area contributed by atoms with Crippen molar-refractivity contribution in [3.8, 4) is 0 Å². The van der Waals surface area contributed by atoms with E-state index in [0.29, 0.717) is 13.1 Å². The first-order valence-corrected chi connectivity index (χ1v) is 8.46. The topological polar surface area (TPSA) is 64.7 Å². The molecule has 0 amide bonds. The van der Waals surface area contributed by atoms with Gasteiger partial charge in [-0.2, -0.15) is 0 Å². The fourth-order valence-corrected chi connectivity index (χ4v) is 2.92. The fraction of sp³-hybridized carbons (Fsp3) is 1.00. The summed E-state index contributed by atoms with van der Waals surface area (Å²) in [5.74, 6) is 0.177. The molecule has 1 heterocycles. The van der Waals surface area contributed by atoms with Gasteiger partial charge in [0.15, 0.2) is 0 Å². The van der Waals surface area contributed by atoms with Gasteiger partial charge < -0.3 is 10.2 Å². The molecule has 0 unspecified atom stereocenters. The van der Waals surface area contributed by atoms with Crippen LogP contribution < -0.4 is 10.0 Å². The Kier molecular flexibility index (Phi) is 6.19. The van der Waals surface area contributed by atoms with Crippen LogP contribution in [-0.4, -0.2) is 82.9 Å². The molecule has 1 rings (SSSR count). The second kappa shape index (κ2) is 6.99. The molecular weight excluding hydrogens is 264 g/mol. The van der Waals surface area contributed by atoms with E-state index < -0.39 is 10.0 Å². The van der Waals surface area contributed by atoms with Crippen molar-refractivity contribution in [2.24, 2.45) is 0 Å². The first-order chi connectivity index (χ1) is 8.73. The molecule has 0 aromatic heterocycles.